The molecule has 0 aromatic heterocycles. The van der Waals surface area contributed by atoms with E-state index < -0.39 is 17.5 Å². The standard InChI is InChI=1S/C12H10F2O2S/c13-12(14)11-3-1-2-9-6-8(7-17(15)16)4-5-10(9)11/h1-6,12H,7H2,(H,15,16)/p-1. The molecule has 0 N–H and O–H groups in total. The van der Waals surface area contributed by atoms with Crippen molar-refractivity contribution in [2.75, 3.05) is 0 Å². The van der Waals surface area contributed by atoms with Crippen LogP contribution in [-0.4, -0.2) is 8.76 Å². The molecule has 2 nitrogen and oxygen atoms in total. The highest BCUT2D eigenvalue weighted by molar-refractivity contribution is 7.78. The summed E-state index contributed by atoms with van der Waals surface area (Å²) in [5.74, 6) is -0.102. The number of alkyl halides is 2. The third kappa shape index (κ3) is 2.68. The van der Waals surface area contributed by atoms with Crippen molar-refractivity contribution in [1.82, 2.24) is 0 Å². The minimum atomic E-state index is -2.53. The molecule has 0 radical (unpaired) electrons. The van der Waals surface area contributed by atoms with Gasteiger partial charge < -0.3 is 4.55 Å². The molecule has 0 fully saturated rings. The second-order valence-electron chi connectivity index (χ2n) is 3.65. The van der Waals surface area contributed by atoms with E-state index in [1.54, 1.807) is 30.3 Å². The first-order chi connectivity index (χ1) is 8.08. The average molecular weight is 255 g/mol. The number of hydrogen-bond donors (Lipinski definition) is 0. The van der Waals surface area contributed by atoms with Gasteiger partial charge in [-0.15, -0.1) is 0 Å². The SMILES string of the molecule is O=S([O-])Cc1ccc2c(C(F)F)cccc2c1. The average Bonchev–Trinajstić information content (AvgIpc) is 2.26. The zero-order valence-electron chi connectivity index (χ0n) is 8.73. The molecular weight excluding hydrogens is 246 g/mol. The first-order valence-electron chi connectivity index (χ1n) is 4.93. The van der Waals surface area contributed by atoms with Crippen molar-refractivity contribution >= 4 is 21.9 Å². The fourth-order valence-corrected chi connectivity index (χ4v) is 2.23. The molecule has 1 unspecified atom stereocenters. The van der Waals surface area contributed by atoms with Crippen molar-refractivity contribution in [1.29, 1.82) is 0 Å². The highest BCUT2D eigenvalue weighted by atomic mass is 32.2. The van der Waals surface area contributed by atoms with Crippen LogP contribution in [-0.2, 0) is 16.8 Å². The van der Waals surface area contributed by atoms with Gasteiger partial charge in [-0.1, -0.05) is 47.5 Å². The zero-order valence-corrected chi connectivity index (χ0v) is 9.55. The normalized spacial score (nSPS) is 13.2. The summed E-state index contributed by atoms with van der Waals surface area (Å²) < 4.78 is 46.5. The molecule has 17 heavy (non-hydrogen) atoms. The Morgan fingerprint density at radius 2 is 2.00 bits per heavy atom. The molecule has 90 valence electrons. The van der Waals surface area contributed by atoms with E-state index >= 15 is 0 Å². The molecule has 0 heterocycles. The lowest BCUT2D eigenvalue weighted by atomic mass is 10.0. The van der Waals surface area contributed by atoms with Crippen molar-refractivity contribution in [3.63, 3.8) is 0 Å². The fourth-order valence-electron chi connectivity index (χ4n) is 1.77. The van der Waals surface area contributed by atoms with Crippen LogP contribution in [0.25, 0.3) is 10.8 Å². The number of benzene rings is 2. The monoisotopic (exact) mass is 255 g/mol. The first-order valence-corrected chi connectivity index (χ1v) is 6.18. The minimum absolute atomic E-state index is 0.0303. The Labute approximate surface area is 99.6 Å². The maximum Gasteiger partial charge on any atom is 0.264 e. The zero-order chi connectivity index (χ0) is 12.4. The predicted octanol–water partition coefficient (Wildman–Crippen LogP) is 3.16. The van der Waals surface area contributed by atoms with Gasteiger partial charge in [0, 0.05) is 11.3 Å². The van der Waals surface area contributed by atoms with E-state index in [9.17, 15) is 17.5 Å². The van der Waals surface area contributed by atoms with Gasteiger partial charge >= 0.3 is 0 Å². The van der Waals surface area contributed by atoms with E-state index in [0.29, 0.717) is 16.3 Å². The van der Waals surface area contributed by atoms with Crippen LogP contribution >= 0.6 is 0 Å². The highest BCUT2D eigenvalue weighted by Gasteiger charge is 2.10. The van der Waals surface area contributed by atoms with E-state index in [1.807, 2.05) is 0 Å². The second kappa shape index (κ2) is 4.89. The summed E-state index contributed by atoms with van der Waals surface area (Å²) in [5, 5.41) is 1.09. The van der Waals surface area contributed by atoms with Crippen LogP contribution < -0.4 is 0 Å². The molecule has 0 bridgehead atoms. The molecule has 0 aliphatic carbocycles. The van der Waals surface area contributed by atoms with Gasteiger partial charge in [0.05, 0.1) is 0 Å². The summed E-state index contributed by atoms with van der Waals surface area (Å²) in [4.78, 5) is 0. The van der Waals surface area contributed by atoms with Gasteiger partial charge in [-0.05, 0) is 16.3 Å². The van der Waals surface area contributed by atoms with E-state index in [0.717, 1.165) is 0 Å². The van der Waals surface area contributed by atoms with Crippen LogP contribution in [0.1, 0.15) is 17.6 Å². The summed E-state index contributed by atoms with van der Waals surface area (Å²) in [6.07, 6.45) is -2.53. The van der Waals surface area contributed by atoms with E-state index in [1.165, 1.54) is 6.07 Å². The first kappa shape index (κ1) is 12.1. The third-order valence-corrected chi connectivity index (χ3v) is 3.07. The van der Waals surface area contributed by atoms with E-state index in [2.05, 4.69) is 0 Å². The second-order valence-corrected chi connectivity index (χ2v) is 4.55. The molecule has 0 saturated heterocycles. The van der Waals surface area contributed by atoms with Gasteiger partial charge in [-0.2, -0.15) is 0 Å². The maximum atomic E-state index is 12.7. The van der Waals surface area contributed by atoms with Crippen molar-refractivity contribution in [2.45, 2.75) is 12.2 Å². The fraction of sp³-hybridized carbons (Fsp3) is 0.167. The van der Waals surface area contributed by atoms with Crippen molar-refractivity contribution < 1.29 is 17.5 Å². The molecule has 5 heteroatoms. The molecule has 2 aromatic rings. The van der Waals surface area contributed by atoms with Crippen molar-refractivity contribution in [2.24, 2.45) is 0 Å². The van der Waals surface area contributed by atoms with Crippen LogP contribution in [0.5, 0.6) is 0 Å². The van der Waals surface area contributed by atoms with E-state index in [4.69, 9.17) is 0 Å². The van der Waals surface area contributed by atoms with Crippen molar-refractivity contribution in [3.8, 4) is 0 Å². The molecule has 0 amide bonds. The number of halogens is 2. The Morgan fingerprint density at radius 1 is 1.24 bits per heavy atom. The number of hydrogen-bond acceptors (Lipinski definition) is 2. The van der Waals surface area contributed by atoms with Crippen molar-refractivity contribution in [3.05, 3.63) is 47.5 Å². The highest BCUT2D eigenvalue weighted by Crippen LogP contribution is 2.28. The van der Waals surface area contributed by atoms with Crippen LogP contribution in [0.15, 0.2) is 36.4 Å². The quantitative estimate of drug-likeness (QED) is 0.790. The van der Waals surface area contributed by atoms with Gasteiger partial charge in [0.25, 0.3) is 6.43 Å². The molecule has 0 spiro atoms. The lowest BCUT2D eigenvalue weighted by molar-refractivity contribution is 0.153. The maximum absolute atomic E-state index is 12.7. The molecule has 2 rings (SSSR count). The molecule has 0 aliphatic heterocycles. The van der Waals surface area contributed by atoms with Gasteiger partial charge in [-0.3, -0.25) is 4.21 Å². The summed E-state index contributed by atoms with van der Waals surface area (Å²) in [5.41, 5.74) is 0.564. The van der Waals surface area contributed by atoms with Gasteiger partial charge in [0.1, 0.15) is 0 Å². The molecule has 0 saturated carbocycles. The Bertz CT molecular complexity index is 569. The third-order valence-electron chi connectivity index (χ3n) is 2.50. The predicted molar refractivity (Wildman–Crippen MR) is 61.5 cm³/mol. The summed E-state index contributed by atoms with van der Waals surface area (Å²) >= 11 is -2.17. The van der Waals surface area contributed by atoms with Crippen LogP contribution in [0.4, 0.5) is 8.78 Å². The molecule has 1 atom stereocenters. The largest absolute Gasteiger partial charge is 0.772 e. The van der Waals surface area contributed by atoms with Gasteiger partial charge in [0.2, 0.25) is 0 Å². The topological polar surface area (TPSA) is 40.1 Å². The van der Waals surface area contributed by atoms with Gasteiger partial charge in [-0.25, -0.2) is 8.78 Å². The Balaban J connectivity index is 2.53. The molecule has 0 aliphatic rings. The summed E-state index contributed by atoms with van der Waals surface area (Å²) in [7, 11) is 0. The Hall–Kier alpha value is -1.33. The molecule has 2 aromatic carbocycles. The smallest absolute Gasteiger partial charge is 0.264 e. The number of rotatable bonds is 3. The number of fused-ring (bicyclic) bond motifs is 1. The van der Waals surface area contributed by atoms with Crippen LogP contribution in [0, 0.1) is 0 Å². The Kier molecular flexibility index (Phi) is 3.49. The lowest BCUT2D eigenvalue weighted by Crippen LogP contribution is -1.94. The van der Waals surface area contributed by atoms with Crippen LogP contribution in [0.2, 0.25) is 0 Å². The van der Waals surface area contributed by atoms with E-state index in [-0.39, 0.29) is 11.3 Å². The summed E-state index contributed by atoms with van der Waals surface area (Å²) in [6.45, 7) is 0. The molecular formula is C12H9F2O2S-. The Morgan fingerprint density at radius 3 is 2.65 bits per heavy atom. The van der Waals surface area contributed by atoms with Gasteiger partial charge in [0.15, 0.2) is 0 Å². The van der Waals surface area contributed by atoms with Crippen LogP contribution in [0.3, 0.4) is 0 Å². The summed E-state index contributed by atoms with van der Waals surface area (Å²) in [6, 6.07) is 9.33. The lowest BCUT2D eigenvalue weighted by Gasteiger charge is -2.09. The minimum Gasteiger partial charge on any atom is -0.772 e.